The minimum atomic E-state index is -1.19. The Morgan fingerprint density at radius 1 is 1.33 bits per heavy atom. The number of halogens is 1. The summed E-state index contributed by atoms with van der Waals surface area (Å²) in [5, 5.41) is 14.8. The molecule has 0 aliphatic carbocycles. The molecular formula is C15H19FN2O3. The number of amides is 1. The third kappa shape index (κ3) is 4.53. The summed E-state index contributed by atoms with van der Waals surface area (Å²) in [5.41, 5.74) is -0.0931. The maximum Gasteiger partial charge on any atom is 0.337 e. The predicted molar refractivity (Wildman–Crippen MR) is 76.8 cm³/mol. The summed E-state index contributed by atoms with van der Waals surface area (Å²) >= 11 is 0. The van der Waals surface area contributed by atoms with E-state index in [2.05, 4.69) is 10.6 Å². The highest BCUT2D eigenvalue weighted by Crippen LogP contribution is 2.20. The number of piperidine rings is 1. The number of hydrogen-bond donors (Lipinski definition) is 3. The van der Waals surface area contributed by atoms with Gasteiger partial charge in [-0.1, -0.05) is 0 Å². The standard InChI is InChI=1S/C15H19FN2O3/c16-11-2-3-12(15(20)21)13(9-11)18-14(19)4-1-10-5-7-17-8-6-10/h2-3,9-10,17H,1,4-8H2,(H,18,19)(H,20,21). The van der Waals surface area contributed by atoms with E-state index in [0.29, 0.717) is 12.3 Å². The van der Waals surface area contributed by atoms with Gasteiger partial charge in [0.25, 0.3) is 0 Å². The molecule has 1 aliphatic rings. The molecule has 1 heterocycles. The molecular weight excluding hydrogens is 275 g/mol. The fourth-order valence-electron chi connectivity index (χ4n) is 2.52. The molecule has 1 aliphatic heterocycles. The maximum atomic E-state index is 13.2. The first-order valence-corrected chi connectivity index (χ1v) is 7.09. The van der Waals surface area contributed by atoms with E-state index in [0.717, 1.165) is 50.6 Å². The van der Waals surface area contributed by atoms with Crippen LogP contribution in [0.5, 0.6) is 0 Å². The van der Waals surface area contributed by atoms with Gasteiger partial charge in [-0.2, -0.15) is 0 Å². The van der Waals surface area contributed by atoms with Crippen LogP contribution in [0.1, 0.15) is 36.0 Å². The van der Waals surface area contributed by atoms with Crippen molar-refractivity contribution in [1.82, 2.24) is 5.32 Å². The van der Waals surface area contributed by atoms with Crippen LogP contribution in [0.2, 0.25) is 0 Å². The molecule has 1 aromatic carbocycles. The van der Waals surface area contributed by atoms with Crippen LogP contribution in [-0.2, 0) is 4.79 Å². The molecule has 0 atom stereocenters. The lowest BCUT2D eigenvalue weighted by Crippen LogP contribution is -2.28. The van der Waals surface area contributed by atoms with E-state index in [1.165, 1.54) is 0 Å². The molecule has 0 bridgehead atoms. The van der Waals surface area contributed by atoms with E-state index in [9.17, 15) is 14.0 Å². The maximum absolute atomic E-state index is 13.2. The van der Waals surface area contributed by atoms with E-state index in [-0.39, 0.29) is 17.2 Å². The zero-order chi connectivity index (χ0) is 15.2. The lowest BCUT2D eigenvalue weighted by molar-refractivity contribution is -0.116. The van der Waals surface area contributed by atoms with Crippen LogP contribution in [0.15, 0.2) is 18.2 Å². The minimum absolute atomic E-state index is 0.0119. The number of aromatic carboxylic acids is 1. The van der Waals surface area contributed by atoms with Crippen LogP contribution < -0.4 is 10.6 Å². The van der Waals surface area contributed by atoms with Crippen LogP contribution in [0.25, 0.3) is 0 Å². The summed E-state index contributed by atoms with van der Waals surface area (Å²) in [6, 6.07) is 3.25. The molecule has 114 valence electrons. The van der Waals surface area contributed by atoms with Crippen molar-refractivity contribution in [3.63, 3.8) is 0 Å². The number of carbonyl (C=O) groups is 2. The van der Waals surface area contributed by atoms with E-state index in [4.69, 9.17) is 5.11 Å². The van der Waals surface area contributed by atoms with Crippen molar-refractivity contribution in [2.45, 2.75) is 25.7 Å². The highest BCUT2D eigenvalue weighted by Gasteiger charge is 2.16. The Hall–Kier alpha value is -1.95. The summed E-state index contributed by atoms with van der Waals surface area (Å²) in [5.74, 6) is -1.53. The molecule has 5 nitrogen and oxygen atoms in total. The SMILES string of the molecule is O=C(CCC1CCNCC1)Nc1cc(F)ccc1C(=O)O. The first-order valence-electron chi connectivity index (χ1n) is 7.09. The quantitative estimate of drug-likeness (QED) is 0.778. The second kappa shape index (κ2) is 7.17. The molecule has 1 aromatic rings. The largest absolute Gasteiger partial charge is 0.478 e. The Labute approximate surface area is 122 Å². The molecule has 0 saturated carbocycles. The Kier molecular flexibility index (Phi) is 5.27. The number of carbonyl (C=O) groups excluding carboxylic acids is 1. The Morgan fingerprint density at radius 3 is 2.71 bits per heavy atom. The van der Waals surface area contributed by atoms with Crippen molar-refractivity contribution in [2.75, 3.05) is 18.4 Å². The minimum Gasteiger partial charge on any atom is -0.478 e. The van der Waals surface area contributed by atoms with Gasteiger partial charge in [0, 0.05) is 6.42 Å². The average Bonchev–Trinajstić information content (AvgIpc) is 2.46. The number of carboxylic acids is 1. The molecule has 3 N–H and O–H groups in total. The number of benzene rings is 1. The van der Waals surface area contributed by atoms with Crippen molar-refractivity contribution < 1.29 is 19.1 Å². The smallest absolute Gasteiger partial charge is 0.337 e. The summed E-state index contributed by atoms with van der Waals surface area (Å²) in [6.07, 6.45) is 3.19. The Balaban J connectivity index is 1.92. The third-order valence-corrected chi connectivity index (χ3v) is 3.72. The van der Waals surface area contributed by atoms with Gasteiger partial charge in [-0.3, -0.25) is 4.79 Å². The summed E-state index contributed by atoms with van der Waals surface area (Å²) in [7, 11) is 0. The summed E-state index contributed by atoms with van der Waals surface area (Å²) < 4.78 is 13.2. The average molecular weight is 294 g/mol. The molecule has 1 fully saturated rings. The van der Waals surface area contributed by atoms with Gasteiger partial charge in [0.05, 0.1) is 11.3 Å². The van der Waals surface area contributed by atoms with Gasteiger partial charge in [0.2, 0.25) is 5.91 Å². The Bertz CT molecular complexity index is 528. The van der Waals surface area contributed by atoms with Crippen LogP contribution >= 0.6 is 0 Å². The highest BCUT2D eigenvalue weighted by molar-refractivity contribution is 6.00. The van der Waals surface area contributed by atoms with Crippen molar-refractivity contribution in [3.05, 3.63) is 29.6 Å². The van der Waals surface area contributed by atoms with Crippen LogP contribution in [0.3, 0.4) is 0 Å². The second-order valence-corrected chi connectivity index (χ2v) is 5.28. The lowest BCUT2D eigenvalue weighted by Gasteiger charge is -2.22. The lowest BCUT2D eigenvalue weighted by atomic mass is 9.93. The molecule has 0 spiro atoms. The number of nitrogens with one attached hydrogen (secondary N) is 2. The van der Waals surface area contributed by atoms with Gasteiger partial charge < -0.3 is 15.7 Å². The number of carboxylic acid groups (broad SMARTS) is 1. The van der Waals surface area contributed by atoms with Crippen LogP contribution in [0.4, 0.5) is 10.1 Å². The van der Waals surface area contributed by atoms with Crippen molar-refractivity contribution in [3.8, 4) is 0 Å². The van der Waals surface area contributed by atoms with Gasteiger partial charge in [0.15, 0.2) is 0 Å². The van der Waals surface area contributed by atoms with Gasteiger partial charge in [0.1, 0.15) is 5.82 Å². The third-order valence-electron chi connectivity index (χ3n) is 3.72. The molecule has 0 aromatic heterocycles. The van der Waals surface area contributed by atoms with E-state index < -0.39 is 11.8 Å². The number of hydrogen-bond acceptors (Lipinski definition) is 3. The van der Waals surface area contributed by atoms with Gasteiger partial charge >= 0.3 is 5.97 Å². The fraction of sp³-hybridized carbons (Fsp3) is 0.467. The summed E-state index contributed by atoms with van der Waals surface area (Å²) in [4.78, 5) is 22.9. The van der Waals surface area contributed by atoms with Gasteiger partial charge in [-0.05, 0) is 56.5 Å². The summed E-state index contributed by atoms with van der Waals surface area (Å²) in [6.45, 7) is 1.94. The molecule has 21 heavy (non-hydrogen) atoms. The molecule has 6 heteroatoms. The number of rotatable bonds is 5. The molecule has 1 saturated heterocycles. The van der Waals surface area contributed by atoms with E-state index in [1.54, 1.807) is 0 Å². The predicted octanol–water partition coefficient (Wildman–Crippen LogP) is 2.24. The van der Waals surface area contributed by atoms with E-state index in [1.807, 2.05) is 0 Å². The highest BCUT2D eigenvalue weighted by atomic mass is 19.1. The van der Waals surface area contributed by atoms with Crippen molar-refractivity contribution in [1.29, 1.82) is 0 Å². The number of anilines is 1. The zero-order valence-electron chi connectivity index (χ0n) is 11.7. The first-order chi connectivity index (χ1) is 10.1. The van der Waals surface area contributed by atoms with E-state index >= 15 is 0 Å². The van der Waals surface area contributed by atoms with Crippen molar-refractivity contribution >= 4 is 17.6 Å². The van der Waals surface area contributed by atoms with Crippen LogP contribution in [0, 0.1) is 11.7 Å². The molecule has 1 amide bonds. The first kappa shape index (κ1) is 15.4. The van der Waals surface area contributed by atoms with Gasteiger partial charge in [-0.25, -0.2) is 9.18 Å². The molecule has 2 rings (SSSR count). The second-order valence-electron chi connectivity index (χ2n) is 5.28. The normalized spacial score (nSPS) is 15.7. The fourth-order valence-corrected chi connectivity index (χ4v) is 2.52. The van der Waals surface area contributed by atoms with Gasteiger partial charge in [-0.15, -0.1) is 0 Å². The zero-order valence-corrected chi connectivity index (χ0v) is 11.7. The van der Waals surface area contributed by atoms with Crippen LogP contribution in [-0.4, -0.2) is 30.1 Å². The van der Waals surface area contributed by atoms with Crippen molar-refractivity contribution in [2.24, 2.45) is 5.92 Å². The molecule has 0 radical (unpaired) electrons. The molecule has 0 unspecified atom stereocenters. The topological polar surface area (TPSA) is 78.4 Å². The Morgan fingerprint density at radius 2 is 2.05 bits per heavy atom. The monoisotopic (exact) mass is 294 g/mol.